The van der Waals surface area contributed by atoms with Gasteiger partial charge in [-0.1, -0.05) is 26.0 Å². The highest BCUT2D eigenvalue weighted by molar-refractivity contribution is 6.12. The molecule has 0 bridgehead atoms. The number of primary amides is 1. The van der Waals surface area contributed by atoms with Crippen LogP contribution in [0.15, 0.2) is 36.4 Å². The number of alkyl carbamates (subject to hydrolysis) is 1. The SMILES string of the molecule is CC(C)[C@H](NC(=O)CCOCCOCCOCCOCCN1C(=O)C=CC1=O)C(=O)NC(CCCNC(N)=O)C(=O)Nc1ccc(COC(=O)NCCCCO)cc1. The van der Waals surface area contributed by atoms with Crippen LogP contribution in [-0.4, -0.2) is 143 Å². The van der Waals surface area contributed by atoms with Crippen molar-refractivity contribution in [3.63, 3.8) is 0 Å². The number of benzene rings is 1. The highest BCUT2D eigenvalue weighted by Crippen LogP contribution is 2.13. The van der Waals surface area contributed by atoms with E-state index in [4.69, 9.17) is 34.5 Å². The maximum absolute atomic E-state index is 13.4. The van der Waals surface area contributed by atoms with Crippen molar-refractivity contribution in [2.45, 2.75) is 64.6 Å². The van der Waals surface area contributed by atoms with Gasteiger partial charge in [0.1, 0.15) is 18.7 Å². The van der Waals surface area contributed by atoms with Crippen LogP contribution in [0.5, 0.6) is 0 Å². The lowest BCUT2D eigenvalue weighted by molar-refractivity contribution is -0.137. The Morgan fingerprint density at radius 2 is 1.33 bits per heavy atom. The molecule has 20 heteroatoms. The molecule has 58 heavy (non-hydrogen) atoms. The number of ether oxygens (including phenoxy) is 5. The third-order valence-corrected chi connectivity index (χ3v) is 8.26. The molecule has 0 saturated carbocycles. The number of unbranched alkanes of at least 4 members (excludes halogenated alkanes) is 1. The first kappa shape index (κ1) is 49.0. The fraction of sp³-hybridized carbons (Fsp3) is 0.605. The number of nitrogens with two attached hydrogens (primary N) is 1. The zero-order chi connectivity index (χ0) is 42.5. The summed E-state index contributed by atoms with van der Waals surface area (Å²) < 4.78 is 26.9. The molecular formula is C38H59N7O13. The van der Waals surface area contributed by atoms with Gasteiger partial charge in [0.2, 0.25) is 17.7 Å². The Kier molecular flexibility index (Phi) is 24.6. The molecule has 324 valence electrons. The van der Waals surface area contributed by atoms with Crippen LogP contribution in [0.3, 0.4) is 0 Å². The Morgan fingerprint density at radius 1 is 0.741 bits per heavy atom. The first-order valence-corrected chi connectivity index (χ1v) is 19.3. The lowest BCUT2D eigenvalue weighted by Crippen LogP contribution is -2.54. The van der Waals surface area contributed by atoms with Crippen LogP contribution in [0, 0.1) is 5.92 Å². The molecule has 0 aromatic heterocycles. The zero-order valence-corrected chi connectivity index (χ0v) is 33.3. The second kappa shape index (κ2) is 29.1. The van der Waals surface area contributed by atoms with Gasteiger partial charge in [-0.15, -0.1) is 0 Å². The Bertz CT molecular complexity index is 1460. The van der Waals surface area contributed by atoms with Crippen LogP contribution in [0.2, 0.25) is 0 Å². The van der Waals surface area contributed by atoms with E-state index >= 15 is 0 Å². The van der Waals surface area contributed by atoms with Gasteiger partial charge >= 0.3 is 12.1 Å². The molecule has 1 aliphatic rings. The first-order chi connectivity index (χ1) is 27.9. The van der Waals surface area contributed by atoms with E-state index in [1.807, 2.05) is 0 Å². The van der Waals surface area contributed by atoms with Gasteiger partial charge in [0.05, 0.1) is 59.4 Å². The smallest absolute Gasteiger partial charge is 0.407 e. The van der Waals surface area contributed by atoms with Crippen molar-refractivity contribution >= 4 is 47.3 Å². The fourth-order valence-corrected chi connectivity index (χ4v) is 5.10. The van der Waals surface area contributed by atoms with E-state index in [9.17, 15) is 33.6 Å². The Morgan fingerprint density at radius 3 is 1.91 bits per heavy atom. The normalized spacial score (nSPS) is 13.3. The number of urea groups is 1. The van der Waals surface area contributed by atoms with Crippen LogP contribution in [0.4, 0.5) is 15.3 Å². The molecule has 1 aliphatic heterocycles. The summed E-state index contributed by atoms with van der Waals surface area (Å²) in [7, 11) is 0. The average molecular weight is 822 g/mol. The summed E-state index contributed by atoms with van der Waals surface area (Å²) >= 11 is 0. The summed E-state index contributed by atoms with van der Waals surface area (Å²) in [4.78, 5) is 86.6. The largest absolute Gasteiger partial charge is 0.445 e. The van der Waals surface area contributed by atoms with Crippen molar-refractivity contribution in [3.05, 3.63) is 42.0 Å². The lowest BCUT2D eigenvalue weighted by Gasteiger charge is -2.25. The minimum atomic E-state index is -1.02. The minimum Gasteiger partial charge on any atom is -0.445 e. The summed E-state index contributed by atoms with van der Waals surface area (Å²) in [6, 6.07) is 3.88. The highest BCUT2D eigenvalue weighted by atomic mass is 16.6. The molecular weight excluding hydrogens is 762 g/mol. The third kappa shape index (κ3) is 21.4. The van der Waals surface area contributed by atoms with Crippen LogP contribution in [0.25, 0.3) is 0 Å². The van der Waals surface area contributed by atoms with Gasteiger partial charge in [0, 0.05) is 44.0 Å². The molecule has 20 nitrogen and oxygen atoms in total. The number of imide groups is 1. The van der Waals surface area contributed by atoms with Gasteiger partial charge in [0.15, 0.2) is 0 Å². The van der Waals surface area contributed by atoms with Crippen molar-refractivity contribution in [1.29, 1.82) is 0 Å². The van der Waals surface area contributed by atoms with Crippen molar-refractivity contribution in [1.82, 2.24) is 26.2 Å². The van der Waals surface area contributed by atoms with Crippen LogP contribution in [0.1, 0.15) is 51.5 Å². The lowest BCUT2D eigenvalue weighted by atomic mass is 10.0. The summed E-state index contributed by atoms with van der Waals surface area (Å²) in [5.74, 6) is -2.54. The van der Waals surface area contributed by atoms with Gasteiger partial charge in [-0.05, 0) is 49.3 Å². The highest BCUT2D eigenvalue weighted by Gasteiger charge is 2.29. The minimum absolute atomic E-state index is 0.000579. The number of carbonyl (C=O) groups is 7. The quantitative estimate of drug-likeness (QED) is 0.0387. The summed E-state index contributed by atoms with van der Waals surface area (Å²) in [6.07, 6.45) is 3.50. The second-order valence-corrected chi connectivity index (χ2v) is 13.3. The molecule has 0 radical (unpaired) electrons. The van der Waals surface area contributed by atoms with Gasteiger partial charge in [-0.3, -0.25) is 28.9 Å². The van der Waals surface area contributed by atoms with E-state index < -0.39 is 41.9 Å². The predicted octanol–water partition coefficient (Wildman–Crippen LogP) is 0.0794. The van der Waals surface area contributed by atoms with Crippen molar-refractivity contribution in [2.24, 2.45) is 11.7 Å². The second-order valence-electron chi connectivity index (χ2n) is 13.3. The number of aliphatic hydroxyl groups excluding tert-OH is 1. The summed E-state index contributed by atoms with van der Waals surface area (Å²) in [5.41, 5.74) is 6.25. The van der Waals surface area contributed by atoms with E-state index in [0.29, 0.717) is 63.5 Å². The molecule has 1 aromatic rings. The molecule has 1 unspecified atom stereocenters. The van der Waals surface area contributed by atoms with Crippen LogP contribution < -0.4 is 32.3 Å². The van der Waals surface area contributed by atoms with E-state index in [0.717, 1.165) is 4.90 Å². The fourth-order valence-electron chi connectivity index (χ4n) is 5.10. The average Bonchev–Trinajstić information content (AvgIpc) is 3.51. The molecule has 1 heterocycles. The molecule has 0 spiro atoms. The van der Waals surface area contributed by atoms with Crippen molar-refractivity contribution < 1.29 is 62.4 Å². The number of aliphatic hydroxyl groups is 1. The maximum Gasteiger partial charge on any atom is 0.407 e. The molecule has 0 aliphatic carbocycles. The molecule has 8 N–H and O–H groups in total. The van der Waals surface area contributed by atoms with Gasteiger partial charge in [0.25, 0.3) is 11.8 Å². The Labute approximate surface area is 338 Å². The number of nitrogens with one attached hydrogen (secondary N) is 5. The Hall–Kier alpha value is -5.15. The standard InChI is InChI=1S/C38H59N7O13/c1-27(2)34(44-31(47)13-18-54-20-22-56-24-25-57-23-21-55-19-16-45-32(48)11-12-33(45)49)36(51)43-30(6-5-15-40-37(39)52)35(50)42-29-9-7-28(8-10-29)26-58-38(53)41-14-3-4-17-46/h7-12,27,30,34,46H,3-6,13-26H2,1-2H3,(H,41,53)(H,42,50)(H,43,51)(H,44,47)(H3,39,40,52)/t30?,34-/m0/s1. The van der Waals surface area contributed by atoms with Crippen LogP contribution in [-0.2, 0) is 54.3 Å². The predicted molar refractivity (Wildman–Crippen MR) is 209 cm³/mol. The molecule has 8 amide bonds. The van der Waals surface area contributed by atoms with Crippen molar-refractivity contribution in [3.8, 4) is 0 Å². The van der Waals surface area contributed by atoms with Gasteiger partial charge < -0.3 is 61.1 Å². The van der Waals surface area contributed by atoms with E-state index in [2.05, 4.69) is 26.6 Å². The summed E-state index contributed by atoms with van der Waals surface area (Å²) in [5, 5.41) is 22.1. The van der Waals surface area contributed by atoms with E-state index in [-0.39, 0.29) is 83.3 Å². The van der Waals surface area contributed by atoms with Gasteiger partial charge in [-0.25, -0.2) is 9.59 Å². The summed E-state index contributed by atoms with van der Waals surface area (Å²) in [6.45, 7) is 6.35. The topological polar surface area (TPSA) is 275 Å². The number of nitrogens with zero attached hydrogens (tertiary/aromatic N) is 1. The molecule has 2 rings (SSSR count). The number of carbonyl (C=O) groups excluding carboxylic acids is 7. The first-order valence-electron chi connectivity index (χ1n) is 19.3. The number of hydrogen-bond acceptors (Lipinski definition) is 13. The molecule has 2 atom stereocenters. The number of amides is 8. The number of rotatable bonds is 31. The molecule has 1 aromatic carbocycles. The van der Waals surface area contributed by atoms with Gasteiger partial charge in [-0.2, -0.15) is 0 Å². The number of hydrogen-bond donors (Lipinski definition) is 7. The molecule has 0 saturated heterocycles. The van der Waals surface area contributed by atoms with E-state index in [1.54, 1.807) is 38.1 Å². The van der Waals surface area contributed by atoms with Crippen LogP contribution >= 0.6 is 0 Å². The number of anilines is 1. The van der Waals surface area contributed by atoms with Crippen molar-refractivity contribution in [2.75, 3.05) is 84.4 Å². The third-order valence-electron chi connectivity index (χ3n) is 8.26. The van der Waals surface area contributed by atoms with E-state index in [1.165, 1.54) is 12.2 Å². The zero-order valence-electron chi connectivity index (χ0n) is 33.3. The maximum atomic E-state index is 13.4. The molecule has 0 fully saturated rings. The Balaban J connectivity index is 1.71. The monoisotopic (exact) mass is 821 g/mol.